The molecule has 1 spiro atoms. The third-order valence-corrected chi connectivity index (χ3v) is 8.25. The van der Waals surface area contributed by atoms with E-state index in [1.807, 2.05) is 43.3 Å². The SMILES string of the molecule is CCOC(=O)[C@@H]1[C@H]2C(=O)N([C@@H](CO)Cc3ccccc3)C(C(=O)Nc3c(C)cccc3Cl)C23CC[C@H]1O3. The number of carbonyl (C=O) groups excluding carboxylic acids is 3. The number of halogens is 1. The molecule has 6 atom stereocenters. The predicted octanol–water partition coefficient (Wildman–Crippen LogP) is 3.13. The van der Waals surface area contributed by atoms with Crippen LogP contribution in [0.3, 0.4) is 0 Å². The van der Waals surface area contributed by atoms with Gasteiger partial charge in [0.15, 0.2) is 0 Å². The van der Waals surface area contributed by atoms with Gasteiger partial charge in [-0.25, -0.2) is 0 Å². The maximum absolute atomic E-state index is 14.1. The summed E-state index contributed by atoms with van der Waals surface area (Å²) in [6, 6.07) is 13.0. The first kappa shape index (κ1) is 25.7. The summed E-state index contributed by atoms with van der Waals surface area (Å²) in [4.78, 5) is 42.6. The lowest BCUT2D eigenvalue weighted by molar-refractivity contribution is -0.155. The van der Waals surface area contributed by atoms with E-state index in [4.69, 9.17) is 21.1 Å². The molecule has 2 amide bonds. The van der Waals surface area contributed by atoms with Crippen molar-refractivity contribution < 1.29 is 29.0 Å². The van der Waals surface area contributed by atoms with Crippen LogP contribution in [0.1, 0.15) is 30.9 Å². The largest absolute Gasteiger partial charge is 0.466 e. The summed E-state index contributed by atoms with van der Waals surface area (Å²) < 4.78 is 11.7. The van der Waals surface area contributed by atoms with Gasteiger partial charge in [0.2, 0.25) is 11.8 Å². The van der Waals surface area contributed by atoms with E-state index in [2.05, 4.69) is 5.32 Å². The standard InChI is InChI=1S/C28H31ClN2O6/c1-3-36-27(35)21-20-12-13-28(37-20)22(21)26(34)31(18(15-32)14-17-9-5-4-6-10-17)24(28)25(33)30-23-16(2)8-7-11-19(23)29/h4-11,18,20-22,24,32H,3,12-15H2,1-2H3,(H,30,33)/t18-,20-,21+,22+,24?,28?/m1/s1. The van der Waals surface area contributed by atoms with E-state index in [9.17, 15) is 19.5 Å². The van der Waals surface area contributed by atoms with Crippen molar-refractivity contribution in [3.63, 3.8) is 0 Å². The number of carbonyl (C=O) groups is 3. The Morgan fingerprint density at radius 3 is 2.68 bits per heavy atom. The average Bonchev–Trinajstić information content (AvgIpc) is 3.53. The first-order valence-electron chi connectivity index (χ1n) is 12.7. The molecule has 2 N–H and O–H groups in total. The van der Waals surface area contributed by atoms with Crippen LogP contribution in [0.4, 0.5) is 5.69 Å². The zero-order valence-electron chi connectivity index (χ0n) is 20.9. The molecule has 3 saturated heterocycles. The molecule has 3 fully saturated rings. The second-order valence-electron chi connectivity index (χ2n) is 10.0. The van der Waals surface area contributed by atoms with E-state index >= 15 is 0 Å². The normalized spacial score (nSPS) is 28.8. The summed E-state index contributed by atoms with van der Waals surface area (Å²) in [6.07, 6.45) is 0.838. The molecule has 5 rings (SSSR count). The van der Waals surface area contributed by atoms with Crippen LogP contribution in [-0.4, -0.2) is 64.8 Å². The van der Waals surface area contributed by atoms with Gasteiger partial charge < -0.3 is 24.8 Å². The summed E-state index contributed by atoms with van der Waals surface area (Å²) in [7, 11) is 0. The van der Waals surface area contributed by atoms with Crippen LogP contribution in [0.2, 0.25) is 5.02 Å². The van der Waals surface area contributed by atoms with Crippen molar-refractivity contribution in [2.75, 3.05) is 18.5 Å². The number of esters is 1. The van der Waals surface area contributed by atoms with Gasteiger partial charge in [-0.05, 0) is 50.3 Å². The van der Waals surface area contributed by atoms with Crippen LogP contribution in [0.15, 0.2) is 48.5 Å². The van der Waals surface area contributed by atoms with E-state index in [-0.39, 0.29) is 19.1 Å². The maximum atomic E-state index is 14.1. The van der Waals surface area contributed by atoms with Gasteiger partial charge in [0.1, 0.15) is 11.6 Å². The molecule has 3 aliphatic rings. The molecule has 8 nitrogen and oxygen atoms in total. The highest BCUT2D eigenvalue weighted by molar-refractivity contribution is 6.34. The minimum atomic E-state index is -1.19. The average molecular weight is 527 g/mol. The van der Waals surface area contributed by atoms with Crippen LogP contribution < -0.4 is 5.32 Å². The molecular formula is C28H31ClN2O6. The van der Waals surface area contributed by atoms with E-state index in [0.29, 0.717) is 30.0 Å². The fraction of sp³-hybridized carbons (Fsp3) is 0.464. The minimum Gasteiger partial charge on any atom is -0.466 e. The number of nitrogens with one attached hydrogen (secondary N) is 1. The molecule has 0 aromatic heterocycles. The van der Waals surface area contributed by atoms with Gasteiger partial charge >= 0.3 is 5.97 Å². The van der Waals surface area contributed by atoms with E-state index < -0.39 is 47.5 Å². The molecule has 2 aromatic rings. The highest BCUT2D eigenvalue weighted by Crippen LogP contribution is 2.59. The van der Waals surface area contributed by atoms with Gasteiger partial charge in [-0.1, -0.05) is 54.1 Å². The highest BCUT2D eigenvalue weighted by Gasteiger charge is 2.75. The van der Waals surface area contributed by atoms with Crippen molar-refractivity contribution >= 4 is 35.1 Å². The van der Waals surface area contributed by atoms with Crippen LogP contribution in [-0.2, 0) is 30.3 Å². The number of fused-ring (bicyclic) bond motifs is 1. The van der Waals surface area contributed by atoms with Crippen LogP contribution in [0.25, 0.3) is 0 Å². The lowest BCUT2D eigenvalue weighted by atomic mass is 9.70. The molecule has 196 valence electrons. The van der Waals surface area contributed by atoms with Crippen LogP contribution in [0, 0.1) is 18.8 Å². The molecule has 3 heterocycles. The van der Waals surface area contributed by atoms with E-state index in [1.54, 1.807) is 19.1 Å². The number of hydrogen-bond donors (Lipinski definition) is 2. The summed E-state index contributed by atoms with van der Waals surface area (Å²) in [5.74, 6) is -2.97. The quantitative estimate of drug-likeness (QED) is 0.512. The molecular weight excluding hydrogens is 496 g/mol. The molecule has 0 saturated carbocycles. The lowest BCUT2D eigenvalue weighted by Crippen LogP contribution is -2.56. The minimum absolute atomic E-state index is 0.183. The number of anilines is 1. The van der Waals surface area contributed by atoms with Crippen LogP contribution >= 0.6 is 11.6 Å². The van der Waals surface area contributed by atoms with Gasteiger partial charge in [-0.3, -0.25) is 14.4 Å². The van der Waals surface area contributed by atoms with Gasteiger partial charge in [0, 0.05) is 0 Å². The van der Waals surface area contributed by atoms with Crippen molar-refractivity contribution in [1.82, 2.24) is 4.90 Å². The Morgan fingerprint density at radius 2 is 2.00 bits per heavy atom. The van der Waals surface area contributed by atoms with Gasteiger partial charge in [0.25, 0.3) is 0 Å². The Hall–Kier alpha value is -2.94. The monoisotopic (exact) mass is 526 g/mol. The molecule has 9 heteroatoms. The molecule has 2 unspecified atom stereocenters. The number of benzene rings is 2. The Labute approximate surface area is 220 Å². The van der Waals surface area contributed by atoms with Gasteiger partial charge in [-0.2, -0.15) is 0 Å². The predicted molar refractivity (Wildman–Crippen MR) is 137 cm³/mol. The van der Waals surface area contributed by atoms with Crippen molar-refractivity contribution in [2.45, 2.75) is 56.9 Å². The number of ether oxygens (including phenoxy) is 2. The van der Waals surface area contributed by atoms with Crippen LogP contribution in [0.5, 0.6) is 0 Å². The van der Waals surface area contributed by atoms with E-state index in [0.717, 1.165) is 11.1 Å². The Bertz CT molecular complexity index is 1190. The third kappa shape index (κ3) is 4.21. The fourth-order valence-corrected chi connectivity index (χ4v) is 6.68. The second kappa shape index (κ2) is 10.1. The third-order valence-electron chi connectivity index (χ3n) is 7.93. The van der Waals surface area contributed by atoms with Gasteiger partial charge in [-0.15, -0.1) is 0 Å². The molecule has 0 aliphatic carbocycles. The molecule has 2 aromatic carbocycles. The van der Waals surface area contributed by atoms with Crippen molar-refractivity contribution in [1.29, 1.82) is 0 Å². The fourth-order valence-electron chi connectivity index (χ4n) is 6.41. The Kier molecular flexibility index (Phi) is 7.00. The number of hydrogen-bond acceptors (Lipinski definition) is 6. The van der Waals surface area contributed by atoms with E-state index in [1.165, 1.54) is 4.90 Å². The molecule has 37 heavy (non-hydrogen) atoms. The number of aliphatic hydroxyl groups is 1. The number of amides is 2. The molecule has 3 aliphatic heterocycles. The number of aliphatic hydroxyl groups excluding tert-OH is 1. The van der Waals surface area contributed by atoms with Crippen molar-refractivity contribution in [3.8, 4) is 0 Å². The smallest absolute Gasteiger partial charge is 0.312 e. The summed E-state index contributed by atoms with van der Waals surface area (Å²) in [5.41, 5.74) is 0.953. The summed E-state index contributed by atoms with van der Waals surface area (Å²) in [5, 5.41) is 13.8. The molecule has 0 radical (unpaired) electrons. The van der Waals surface area contributed by atoms with Crippen molar-refractivity contribution in [2.24, 2.45) is 11.8 Å². The lowest BCUT2D eigenvalue weighted by Gasteiger charge is -2.37. The number of aryl methyl sites for hydroxylation is 1. The highest BCUT2D eigenvalue weighted by atomic mass is 35.5. The second-order valence-corrected chi connectivity index (χ2v) is 10.4. The maximum Gasteiger partial charge on any atom is 0.312 e. The van der Waals surface area contributed by atoms with Gasteiger partial charge in [0.05, 0.1) is 47.9 Å². The number of rotatable bonds is 8. The number of para-hydroxylation sites is 1. The Morgan fingerprint density at radius 1 is 1.24 bits per heavy atom. The molecule has 2 bridgehead atoms. The summed E-state index contributed by atoms with van der Waals surface area (Å²) in [6.45, 7) is 3.38. The zero-order chi connectivity index (χ0) is 26.3. The van der Waals surface area contributed by atoms with Crippen molar-refractivity contribution in [3.05, 3.63) is 64.7 Å². The topological polar surface area (TPSA) is 105 Å². The zero-order valence-corrected chi connectivity index (χ0v) is 21.6. The number of likely N-dealkylation sites (tertiary alicyclic amines) is 1. The first-order chi connectivity index (χ1) is 17.8. The summed E-state index contributed by atoms with van der Waals surface area (Å²) >= 11 is 6.40. The Balaban J connectivity index is 1.56. The number of nitrogens with zero attached hydrogens (tertiary/aromatic N) is 1. The first-order valence-corrected chi connectivity index (χ1v) is 13.1.